The van der Waals surface area contributed by atoms with Gasteiger partial charge in [-0.05, 0) is 82.0 Å². The van der Waals surface area contributed by atoms with Crippen LogP contribution in [0.4, 0.5) is 0 Å². The van der Waals surface area contributed by atoms with Gasteiger partial charge in [-0.25, -0.2) is 0 Å². The van der Waals surface area contributed by atoms with E-state index in [0.717, 1.165) is 38.6 Å². The lowest BCUT2D eigenvalue weighted by Crippen LogP contribution is -2.54. The molecule has 2 bridgehead atoms. The van der Waals surface area contributed by atoms with Crippen LogP contribution in [0.25, 0.3) is 21.9 Å². The Morgan fingerprint density at radius 1 is 0.583 bits per heavy atom. The summed E-state index contributed by atoms with van der Waals surface area (Å²) in [5.74, 6) is -4.41. The van der Waals surface area contributed by atoms with Crippen molar-refractivity contribution in [3.63, 3.8) is 0 Å². The topological polar surface area (TPSA) is 139 Å². The van der Waals surface area contributed by atoms with E-state index in [4.69, 9.17) is 4.74 Å². The third-order valence-electron chi connectivity index (χ3n) is 11.1. The maximum absolute atomic E-state index is 14.5. The van der Waals surface area contributed by atoms with E-state index in [0.29, 0.717) is 17.7 Å². The number of fused-ring (bicyclic) bond motifs is 17. The number of carbonyl (C=O) groups is 5. The molecule has 3 N–H and O–H groups in total. The standard InChI is InChI=1S/C51H48N2O7/c54-44-31-42(29-37-17-23-39-13-7-8-14-41(39)28-37)49(56)53-47(30-36-15-21-40(22-16-36)38-11-5-2-6-12-38)50(57)52-46(26-20-34-9-3-1-4-10-34)48(55)32-43(51(58)59)27-35-18-24-45(25-19-35)60-33-44/h1-19,21-25,28,42-43,46-47H,20,26-27,29-33H2,(H,52,57)(H,53,56)(H,58,59)/t42-,43-,46+,47-/m1/s1. The number of nitrogens with one attached hydrogen (secondary N) is 2. The van der Waals surface area contributed by atoms with Crippen LogP contribution >= 0.6 is 0 Å². The molecule has 8 rings (SSSR count). The Bertz CT molecular complexity index is 2430. The highest BCUT2D eigenvalue weighted by molar-refractivity contribution is 5.95. The predicted octanol–water partition coefficient (Wildman–Crippen LogP) is 7.76. The number of benzene rings is 6. The van der Waals surface area contributed by atoms with E-state index in [2.05, 4.69) is 10.6 Å². The minimum Gasteiger partial charge on any atom is -0.486 e. The molecule has 2 amide bonds. The number of hydrogen-bond acceptors (Lipinski definition) is 6. The van der Waals surface area contributed by atoms with Gasteiger partial charge in [0.25, 0.3) is 0 Å². The fourth-order valence-electron chi connectivity index (χ4n) is 7.78. The van der Waals surface area contributed by atoms with Crippen molar-refractivity contribution in [2.45, 2.75) is 57.0 Å². The van der Waals surface area contributed by atoms with Crippen molar-refractivity contribution in [3.05, 3.63) is 174 Å². The van der Waals surface area contributed by atoms with Gasteiger partial charge in [0.1, 0.15) is 18.4 Å². The van der Waals surface area contributed by atoms with E-state index >= 15 is 0 Å². The number of rotatable bonds is 9. The number of ether oxygens (including phenoxy) is 1. The van der Waals surface area contributed by atoms with Gasteiger partial charge in [-0.2, -0.15) is 0 Å². The Hall–Kier alpha value is -6.87. The van der Waals surface area contributed by atoms with Gasteiger partial charge in [0.05, 0.1) is 12.0 Å². The second kappa shape index (κ2) is 19.7. The molecule has 0 saturated heterocycles. The third-order valence-corrected chi connectivity index (χ3v) is 11.1. The highest BCUT2D eigenvalue weighted by Crippen LogP contribution is 2.24. The van der Waals surface area contributed by atoms with Crippen LogP contribution in [0, 0.1) is 11.8 Å². The lowest BCUT2D eigenvalue weighted by atomic mass is 9.90. The van der Waals surface area contributed by atoms with Crippen molar-refractivity contribution in [2.75, 3.05) is 6.61 Å². The normalized spacial score (nSPS) is 19.3. The first-order valence-electron chi connectivity index (χ1n) is 20.4. The number of carboxylic acid groups (broad SMARTS) is 1. The highest BCUT2D eigenvalue weighted by atomic mass is 16.5. The smallest absolute Gasteiger partial charge is 0.307 e. The Morgan fingerprint density at radius 2 is 1.22 bits per heavy atom. The van der Waals surface area contributed by atoms with E-state index in [1.54, 1.807) is 24.3 Å². The van der Waals surface area contributed by atoms with Crippen molar-refractivity contribution in [1.29, 1.82) is 0 Å². The fourth-order valence-corrected chi connectivity index (χ4v) is 7.78. The first-order chi connectivity index (χ1) is 29.2. The molecule has 304 valence electrons. The zero-order valence-electron chi connectivity index (χ0n) is 33.3. The highest BCUT2D eigenvalue weighted by Gasteiger charge is 2.32. The van der Waals surface area contributed by atoms with Crippen LogP contribution in [0.15, 0.2) is 152 Å². The van der Waals surface area contributed by atoms with Gasteiger partial charge < -0.3 is 20.5 Å². The van der Waals surface area contributed by atoms with Gasteiger partial charge >= 0.3 is 5.97 Å². The van der Waals surface area contributed by atoms with Crippen LogP contribution in [0.1, 0.15) is 41.5 Å². The molecule has 0 fully saturated rings. The summed E-state index contributed by atoms with van der Waals surface area (Å²) in [6.07, 6.45) is 0.615. The van der Waals surface area contributed by atoms with Crippen LogP contribution in [0.3, 0.4) is 0 Å². The third kappa shape index (κ3) is 11.2. The zero-order chi connectivity index (χ0) is 41.8. The molecule has 4 atom stereocenters. The predicted molar refractivity (Wildman–Crippen MR) is 231 cm³/mol. The number of hydrogen-bond donors (Lipinski definition) is 3. The number of aliphatic carboxylic acids is 1. The summed E-state index contributed by atoms with van der Waals surface area (Å²) in [7, 11) is 0. The van der Waals surface area contributed by atoms with Crippen LogP contribution < -0.4 is 15.4 Å². The average Bonchev–Trinajstić information content (AvgIpc) is 3.27. The van der Waals surface area contributed by atoms with Crippen LogP contribution in [-0.4, -0.2) is 53.1 Å². The van der Waals surface area contributed by atoms with E-state index in [1.165, 1.54) is 0 Å². The minimum absolute atomic E-state index is 0.0771. The van der Waals surface area contributed by atoms with Crippen molar-refractivity contribution in [3.8, 4) is 16.9 Å². The molecule has 0 spiro atoms. The van der Waals surface area contributed by atoms with Crippen LogP contribution in [0.2, 0.25) is 0 Å². The van der Waals surface area contributed by atoms with Crippen LogP contribution in [-0.2, 0) is 49.7 Å². The minimum atomic E-state index is -1.13. The number of carboxylic acids is 1. The fraction of sp³-hybridized carbons (Fsp3) is 0.235. The van der Waals surface area contributed by atoms with Gasteiger partial charge in [-0.3, -0.25) is 24.0 Å². The molecule has 0 unspecified atom stereocenters. The van der Waals surface area contributed by atoms with Crippen molar-refractivity contribution < 1.29 is 33.8 Å². The lowest BCUT2D eigenvalue weighted by Gasteiger charge is -2.26. The maximum Gasteiger partial charge on any atom is 0.307 e. The number of aryl methyl sites for hydroxylation is 1. The second-order valence-corrected chi connectivity index (χ2v) is 15.6. The molecule has 2 aliphatic rings. The molecule has 0 aliphatic carbocycles. The lowest BCUT2D eigenvalue weighted by molar-refractivity contribution is -0.144. The molecule has 2 heterocycles. The number of ketones is 2. The van der Waals surface area contributed by atoms with E-state index in [1.807, 2.05) is 127 Å². The maximum atomic E-state index is 14.5. The Labute approximate surface area is 349 Å². The Morgan fingerprint density at radius 3 is 1.93 bits per heavy atom. The second-order valence-electron chi connectivity index (χ2n) is 15.6. The summed E-state index contributed by atoms with van der Waals surface area (Å²) in [5.41, 5.74) is 5.28. The molecule has 9 heteroatoms. The molecule has 0 aromatic heterocycles. The van der Waals surface area contributed by atoms with Crippen molar-refractivity contribution >= 4 is 40.1 Å². The molecular formula is C51H48N2O7. The van der Waals surface area contributed by atoms with Gasteiger partial charge in [0, 0.05) is 25.2 Å². The Balaban J connectivity index is 1.22. The zero-order valence-corrected chi connectivity index (χ0v) is 33.3. The first kappa shape index (κ1) is 41.3. The van der Waals surface area contributed by atoms with Gasteiger partial charge in [0.15, 0.2) is 11.6 Å². The van der Waals surface area contributed by atoms with Crippen molar-refractivity contribution in [2.24, 2.45) is 11.8 Å². The van der Waals surface area contributed by atoms with Crippen LogP contribution in [0.5, 0.6) is 5.75 Å². The van der Waals surface area contributed by atoms with Crippen molar-refractivity contribution in [1.82, 2.24) is 10.6 Å². The molecule has 6 aromatic carbocycles. The van der Waals surface area contributed by atoms with E-state index in [-0.39, 0.29) is 50.9 Å². The quantitative estimate of drug-likeness (QED) is 0.136. The first-order valence-corrected chi connectivity index (χ1v) is 20.4. The van der Waals surface area contributed by atoms with Gasteiger partial charge in [-0.15, -0.1) is 0 Å². The summed E-state index contributed by atoms with van der Waals surface area (Å²) in [4.78, 5) is 69.3. The molecule has 6 aromatic rings. The number of carbonyl (C=O) groups excluding carboxylic acids is 4. The molecule has 0 radical (unpaired) electrons. The largest absolute Gasteiger partial charge is 0.486 e. The number of amides is 2. The number of Topliss-reactive ketones (excluding diaryl/α,β-unsaturated/α-hetero) is 2. The van der Waals surface area contributed by atoms with Gasteiger partial charge in [-0.1, -0.05) is 140 Å². The SMILES string of the molecule is O=C1COc2ccc(cc2)C[C@@H](C(=O)O)CC(=O)[C@H](CCc2ccccc2)NC(=O)[C@@H](Cc2ccc(-c3ccccc3)cc2)NC(=O)[C@H](Cc2ccc3ccccc3c2)C1. The monoisotopic (exact) mass is 800 g/mol. The molecule has 60 heavy (non-hydrogen) atoms. The summed E-state index contributed by atoms with van der Waals surface area (Å²) < 4.78 is 5.84. The summed E-state index contributed by atoms with van der Waals surface area (Å²) in [5, 5.41) is 18.2. The molecule has 2 aliphatic heterocycles. The van der Waals surface area contributed by atoms with E-state index in [9.17, 15) is 29.1 Å². The Kier molecular flexibility index (Phi) is 13.6. The summed E-state index contributed by atoms with van der Waals surface area (Å²) in [6.45, 7) is -0.284. The molecule has 0 saturated carbocycles. The molecule has 9 nitrogen and oxygen atoms in total. The summed E-state index contributed by atoms with van der Waals surface area (Å²) >= 11 is 0. The summed E-state index contributed by atoms with van der Waals surface area (Å²) in [6, 6.07) is 45.6. The van der Waals surface area contributed by atoms with Gasteiger partial charge in [0.2, 0.25) is 11.8 Å². The average molecular weight is 801 g/mol. The van der Waals surface area contributed by atoms with E-state index < -0.39 is 47.5 Å². The molecular weight excluding hydrogens is 753 g/mol.